The van der Waals surface area contributed by atoms with Gasteiger partial charge in [-0.15, -0.1) is 0 Å². The molecule has 50 valence electrons. The highest BCUT2D eigenvalue weighted by Gasteiger charge is 2.05. The molecule has 1 aromatic heterocycles. The Hall–Kier alpha value is -0.450. The van der Waals surface area contributed by atoms with E-state index in [4.69, 9.17) is 0 Å². The predicted octanol–water partition coefficient (Wildman–Crippen LogP) is 1.20. The summed E-state index contributed by atoms with van der Waals surface area (Å²) in [5.41, 5.74) is 0. The molecule has 1 aromatic rings. The fourth-order valence-electron chi connectivity index (χ4n) is 0.482. The Balaban J connectivity index is 3.04. The van der Waals surface area contributed by atoms with E-state index in [0.717, 1.165) is 0 Å². The molecule has 9 heavy (non-hydrogen) atoms. The minimum absolute atomic E-state index is 0.310. The van der Waals surface area contributed by atoms with Gasteiger partial charge in [0, 0.05) is 6.54 Å². The lowest BCUT2D eigenvalue weighted by atomic mass is 10.7. The quantitative estimate of drug-likeness (QED) is 0.672. The molecule has 0 radical (unpaired) electrons. The molecule has 1 heterocycles. The van der Waals surface area contributed by atoms with Gasteiger partial charge in [0.15, 0.2) is 4.60 Å². The highest BCUT2D eigenvalue weighted by molar-refractivity contribution is 9.10. The lowest BCUT2D eigenvalue weighted by Crippen LogP contribution is -1.95. The summed E-state index contributed by atoms with van der Waals surface area (Å²) in [6, 6.07) is 0. The topological polar surface area (TPSA) is 30.7 Å². The van der Waals surface area contributed by atoms with Gasteiger partial charge in [-0.3, -0.25) is 0 Å². The van der Waals surface area contributed by atoms with Crippen molar-refractivity contribution in [2.45, 2.75) is 13.5 Å². The van der Waals surface area contributed by atoms with E-state index in [1.54, 1.807) is 0 Å². The zero-order chi connectivity index (χ0) is 6.85. The summed E-state index contributed by atoms with van der Waals surface area (Å²) in [6.07, 6.45) is 0. The number of nitrogens with zero attached hydrogens (tertiary/aromatic N) is 3. The average Bonchev–Trinajstić information content (AvgIpc) is 2.15. The second-order valence-electron chi connectivity index (χ2n) is 1.49. The van der Waals surface area contributed by atoms with Crippen LogP contribution >= 0.6 is 15.9 Å². The first kappa shape index (κ1) is 6.67. The summed E-state index contributed by atoms with van der Waals surface area (Å²) in [4.78, 5) is 0. The number of aromatic nitrogens is 3. The van der Waals surface area contributed by atoms with Gasteiger partial charge in [0.1, 0.15) is 0 Å². The first-order chi connectivity index (χ1) is 4.25. The first-order valence-electron chi connectivity index (χ1n) is 2.50. The molecule has 0 saturated heterocycles. The number of rotatable bonds is 1. The minimum atomic E-state index is -0.558. The molecule has 0 aromatic carbocycles. The Kier molecular flexibility index (Phi) is 1.80. The van der Waals surface area contributed by atoms with Gasteiger partial charge in [-0.1, -0.05) is 10.3 Å². The number of hydrogen-bond donors (Lipinski definition) is 0. The zero-order valence-corrected chi connectivity index (χ0v) is 6.39. The van der Waals surface area contributed by atoms with Crippen LogP contribution < -0.4 is 0 Å². The summed E-state index contributed by atoms with van der Waals surface area (Å²) in [6.45, 7) is 2.48. The van der Waals surface area contributed by atoms with Crippen LogP contribution in [0.3, 0.4) is 0 Å². The van der Waals surface area contributed by atoms with Crippen molar-refractivity contribution in [3.05, 3.63) is 10.6 Å². The van der Waals surface area contributed by atoms with Crippen LogP contribution in [-0.4, -0.2) is 15.0 Å². The second-order valence-corrected chi connectivity index (χ2v) is 2.24. The maximum atomic E-state index is 12.3. The molecule has 0 amide bonds. The van der Waals surface area contributed by atoms with E-state index in [0.29, 0.717) is 11.1 Å². The van der Waals surface area contributed by atoms with Crippen molar-refractivity contribution in [3.63, 3.8) is 0 Å². The van der Waals surface area contributed by atoms with Gasteiger partial charge in [0.2, 0.25) is 0 Å². The molecule has 0 N–H and O–H groups in total. The van der Waals surface area contributed by atoms with Crippen molar-refractivity contribution in [3.8, 4) is 0 Å². The van der Waals surface area contributed by atoms with Gasteiger partial charge >= 0.3 is 0 Å². The van der Waals surface area contributed by atoms with Crippen LogP contribution in [0.1, 0.15) is 6.92 Å². The Morgan fingerprint density at radius 1 is 1.78 bits per heavy atom. The first-order valence-corrected chi connectivity index (χ1v) is 3.29. The lowest BCUT2D eigenvalue weighted by Gasteiger charge is -1.91. The third kappa shape index (κ3) is 1.10. The number of aryl methyl sites for hydroxylation is 1. The second kappa shape index (κ2) is 2.43. The lowest BCUT2D eigenvalue weighted by molar-refractivity contribution is 0.574. The van der Waals surface area contributed by atoms with Crippen molar-refractivity contribution in [2.75, 3.05) is 0 Å². The summed E-state index contributed by atoms with van der Waals surface area (Å²) < 4.78 is 14.0. The van der Waals surface area contributed by atoms with E-state index in [-0.39, 0.29) is 0 Å². The molecule has 1 rings (SSSR count). The fraction of sp³-hybridized carbons (Fsp3) is 0.500. The molecule has 0 aliphatic heterocycles. The van der Waals surface area contributed by atoms with Crippen molar-refractivity contribution < 1.29 is 4.39 Å². The van der Waals surface area contributed by atoms with Crippen LogP contribution in [-0.2, 0) is 6.54 Å². The van der Waals surface area contributed by atoms with Gasteiger partial charge in [0.25, 0.3) is 5.95 Å². The van der Waals surface area contributed by atoms with E-state index in [2.05, 4.69) is 26.2 Å². The highest BCUT2D eigenvalue weighted by Crippen LogP contribution is 2.10. The SMILES string of the molecule is CCn1nnc(F)c1Br. The van der Waals surface area contributed by atoms with E-state index in [1.807, 2.05) is 6.92 Å². The van der Waals surface area contributed by atoms with Crippen LogP contribution in [0.5, 0.6) is 0 Å². The Bertz CT molecular complexity index is 210. The molecule has 0 aliphatic carbocycles. The Labute approximate surface area is 60.0 Å². The van der Waals surface area contributed by atoms with Crippen LogP contribution in [0.25, 0.3) is 0 Å². The van der Waals surface area contributed by atoms with E-state index < -0.39 is 5.95 Å². The number of halogens is 2. The highest BCUT2D eigenvalue weighted by atomic mass is 79.9. The molecular weight excluding hydrogens is 189 g/mol. The van der Waals surface area contributed by atoms with Crippen molar-refractivity contribution in [2.24, 2.45) is 0 Å². The summed E-state index contributed by atoms with van der Waals surface area (Å²) in [5, 5.41) is 6.66. The predicted molar refractivity (Wildman–Crippen MR) is 33.4 cm³/mol. The third-order valence-corrected chi connectivity index (χ3v) is 1.67. The minimum Gasteiger partial charge on any atom is -0.235 e. The van der Waals surface area contributed by atoms with Crippen molar-refractivity contribution >= 4 is 15.9 Å². The largest absolute Gasteiger partial charge is 0.267 e. The summed E-state index contributed by atoms with van der Waals surface area (Å²) in [7, 11) is 0. The van der Waals surface area contributed by atoms with Crippen molar-refractivity contribution in [1.29, 1.82) is 0 Å². The third-order valence-electron chi connectivity index (χ3n) is 0.937. The molecule has 0 unspecified atom stereocenters. The van der Waals surface area contributed by atoms with E-state index >= 15 is 0 Å². The fourth-order valence-corrected chi connectivity index (χ4v) is 0.883. The monoisotopic (exact) mass is 193 g/mol. The van der Waals surface area contributed by atoms with Gasteiger partial charge < -0.3 is 0 Å². The Morgan fingerprint density at radius 3 is 2.67 bits per heavy atom. The molecule has 0 spiro atoms. The molecule has 0 bridgehead atoms. The smallest absolute Gasteiger partial charge is 0.235 e. The van der Waals surface area contributed by atoms with E-state index in [1.165, 1.54) is 4.68 Å². The molecule has 3 nitrogen and oxygen atoms in total. The molecule has 0 fully saturated rings. The van der Waals surface area contributed by atoms with Crippen LogP contribution in [0.2, 0.25) is 0 Å². The summed E-state index contributed by atoms with van der Waals surface area (Å²) >= 11 is 2.97. The molecule has 5 heteroatoms. The summed E-state index contributed by atoms with van der Waals surface area (Å²) in [5.74, 6) is -0.558. The zero-order valence-electron chi connectivity index (χ0n) is 4.80. The van der Waals surface area contributed by atoms with Crippen LogP contribution in [0, 0.1) is 5.95 Å². The molecular formula is C4H5BrFN3. The number of hydrogen-bond acceptors (Lipinski definition) is 2. The van der Waals surface area contributed by atoms with Crippen molar-refractivity contribution in [1.82, 2.24) is 15.0 Å². The van der Waals surface area contributed by atoms with Gasteiger partial charge in [-0.25, -0.2) is 4.68 Å². The maximum Gasteiger partial charge on any atom is 0.267 e. The van der Waals surface area contributed by atoms with Crippen LogP contribution in [0.4, 0.5) is 4.39 Å². The van der Waals surface area contributed by atoms with Gasteiger partial charge in [-0.05, 0) is 22.9 Å². The van der Waals surface area contributed by atoms with Gasteiger partial charge in [0.05, 0.1) is 0 Å². The molecule has 0 atom stereocenters. The normalized spacial score (nSPS) is 10.1. The maximum absolute atomic E-state index is 12.3. The average molecular weight is 194 g/mol. The van der Waals surface area contributed by atoms with E-state index in [9.17, 15) is 4.39 Å². The Morgan fingerprint density at radius 2 is 2.44 bits per heavy atom. The standard InChI is InChI=1S/C4H5BrFN3/c1-2-9-3(5)4(6)7-8-9/h2H2,1H3. The van der Waals surface area contributed by atoms with Crippen LogP contribution in [0.15, 0.2) is 4.60 Å². The molecule has 0 aliphatic rings. The van der Waals surface area contributed by atoms with Gasteiger partial charge in [-0.2, -0.15) is 4.39 Å². The molecule has 0 saturated carbocycles.